The summed E-state index contributed by atoms with van der Waals surface area (Å²) in [6, 6.07) is 3.34. The molecule has 116 valence electrons. The second-order valence-electron chi connectivity index (χ2n) is 5.48. The summed E-state index contributed by atoms with van der Waals surface area (Å²) >= 11 is 11.9. The zero-order valence-electron chi connectivity index (χ0n) is 12.2. The number of carboxylic acid groups (broad SMARTS) is 1. The third-order valence-corrected chi connectivity index (χ3v) is 3.41. The Balaban J connectivity index is 3.16. The number of carbonyl (C=O) groups excluding carboxylic acids is 1. The summed E-state index contributed by atoms with van der Waals surface area (Å²) in [4.78, 5) is 24.5. The van der Waals surface area contributed by atoms with E-state index in [-0.39, 0.29) is 15.6 Å². The maximum absolute atomic E-state index is 12.0. The zero-order valence-corrected chi connectivity index (χ0v) is 13.7. The number of hydrogen-bond acceptors (Lipinski definition) is 3. The van der Waals surface area contributed by atoms with Gasteiger partial charge in [0.2, 0.25) is 0 Å². The van der Waals surface area contributed by atoms with Gasteiger partial charge in [-0.25, -0.2) is 9.59 Å². The quantitative estimate of drug-likeness (QED) is 0.908. The Bertz CT molecular complexity index is 554. The number of nitrogens with zero attached hydrogens (tertiary/aromatic N) is 1. The Morgan fingerprint density at radius 2 is 1.86 bits per heavy atom. The van der Waals surface area contributed by atoms with E-state index in [0.717, 1.165) is 4.90 Å². The van der Waals surface area contributed by atoms with E-state index >= 15 is 0 Å². The van der Waals surface area contributed by atoms with Crippen molar-refractivity contribution in [2.45, 2.75) is 32.4 Å². The van der Waals surface area contributed by atoms with E-state index in [4.69, 9.17) is 27.9 Å². The number of rotatable bonds is 3. The van der Waals surface area contributed by atoms with Crippen LogP contribution in [-0.2, 0) is 9.53 Å². The summed E-state index contributed by atoms with van der Waals surface area (Å²) in [6.45, 7) is 5.09. The summed E-state index contributed by atoms with van der Waals surface area (Å²) in [7, 11) is 1.34. The van der Waals surface area contributed by atoms with Crippen molar-refractivity contribution in [2.75, 3.05) is 7.05 Å². The van der Waals surface area contributed by atoms with E-state index in [9.17, 15) is 14.7 Å². The number of aliphatic carboxylic acids is 1. The molecule has 1 aromatic carbocycles. The largest absolute Gasteiger partial charge is 0.479 e. The van der Waals surface area contributed by atoms with E-state index in [0.29, 0.717) is 0 Å². The lowest BCUT2D eigenvalue weighted by atomic mass is 10.1. The Kier molecular flexibility index (Phi) is 5.48. The van der Waals surface area contributed by atoms with Crippen LogP contribution in [0, 0.1) is 0 Å². The molecular formula is C14H17Cl2NO4. The molecule has 5 nitrogen and oxygen atoms in total. The predicted octanol–water partition coefficient (Wildman–Crippen LogP) is 3.99. The third kappa shape index (κ3) is 4.51. The molecule has 21 heavy (non-hydrogen) atoms. The molecule has 0 fully saturated rings. The Labute approximate surface area is 133 Å². The van der Waals surface area contributed by atoms with Gasteiger partial charge in [0.25, 0.3) is 0 Å². The summed E-state index contributed by atoms with van der Waals surface area (Å²) in [5, 5.41) is 9.73. The van der Waals surface area contributed by atoms with Crippen LogP contribution in [0.3, 0.4) is 0 Å². The summed E-state index contributed by atoms with van der Waals surface area (Å²) in [6.07, 6.45) is -0.758. The molecule has 0 aliphatic rings. The van der Waals surface area contributed by atoms with Gasteiger partial charge in [-0.1, -0.05) is 35.3 Å². The lowest BCUT2D eigenvalue weighted by Gasteiger charge is -2.29. The zero-order chi connectivity index (χ0) is 16.4. The molecule has 0 radical (unpaired) electrons. The van der Waals surface area contributed by atoms with E-state index in [1.54, 1.807) is 32.9 Å². The Morgan fingerprint density at radius 1 is 1.29 bits per heavy atom. The van der Waals surface area contributed by atoms with Crippen molar-refractivity contribution >= 4 is 35.3 Å². The molecule has 1 aromatic rings. The van der Waals surface area contributed by atoms with Gasteiger partial charge in [-0.15, -0.1) is 0 Å². The molecular weight excluding hydrogens is 317 g/mol. The molecule has 0 aromatic heterocycles. The van der Waals surface area contributed by atoms with Crippen molar-refractivity contribution in [3.63, 3.8) is 0 Å². The van der Waals surface area contributed by atoms with Crippen LogP contribution in [0.4, 0.5) is 4.79 Å². The van der Waals surface area contributed by atoms with Gasteiger partial charge in [0, 0.05) is 12.6 Å². The highest BCUT2D eigenvalue weighted by molar-refractivity contribution is 6.42. The Morgan fingerprint density at radius 3 is 2.33 bits per heavy atom. The molecule has 1 atom stereocenters. The van der Waals surface area contributed by atoms with Gasteiger partial charge in [0.1, 0.15) is 5.60 Å². The highest BCUT2D eigenvalue weighted by atomic mass is 35.5. The smallest absolute Gasteiger partial charge is 0.411 e. The SMILES string of the molecule is CN(C(=O)OC(C)(C)C)[C@@H](C(=O)O)c1cccc(Cl)c1Cl. The van der Waals surface area contributed by atoms with Gasteiger partial charge in [0.05, 0.1) is 10.0 Å². The normalized spacial score (nSPS) is 12.7. The highest BCUT2D eigenvalue weighted by Crippen LogP contribution is 2.33. The van der Waals surface area contributed by atoms with Crippen molar-refractivity contribution in [3.8, 4) is 0 Å². The third-order valence-electron chi connectivity index (χ3n) is 2.58. The van der Waals surface area contributed by atoms with Crippen LogP contribution >= 0.6 is 23.2 Å². The summed E-state index contributed by atoms with van der Waals surface area (Å²) in [5.74, 6) is -1.23. The second kappa shape index (κ2) is 6.54. The first kappa shape index (κ1) is 17.6. The number of carbonyl (C=O) groups is 2. The second-order valence-corrected chi connectivity index (χ2v) is 6.26. The lowest BCUT2D eigenvalue weighted by molar-refractivity contribution is -0.142. The van der Waals surface area contributed by atoms with Crippen molar-refractivity contribution in [3.05, 3.63) is 33.8 Å². The van der Waals surface area contributed by atoms with Crippen LogP contribution < -0.4 is 0 Å². The monoisotopic (exact) mass is 333 g/mol. The van der Waals surface area contributed by atoms with Gasteiger partial charge < -0.3 is 9.84 Å². The average molecular weight is 334 g/mol. The Hall–Kier alpha value is -1.46. The van der Waals surface area contributed by atoms with Crippen molar-refractivity contribution in [1.29, 1.82) is 0 Å². The molecule has 0 saturated heterocycles. The molecule has 7 heteroatoms. The minimum Gasteiger partial charge on any atom is -0.479 e. The minimum atomic E-state index is -1.29. The van der Waals surface area contributed by atoms with Crippen LogP contribution in [0.15, 0.2) is 18.2 Å². The number of ether oxygens (including phenoxy) is 1. The summed E-state index contributed by atoms with van der Waals surface area (Å²) < 4.78 is 5.17. The van der Waals surface area contributed by atoms with E-state index in [1.165, 1.54) is 13.1 Å². The molecule has 1 rings (SSSR count). The van der Waals surface area contributed by atoms with Crippen LogP contribution in [0.25, 0.3) is 0 Å². The number of benzene rings is 1. The van der Waals surface area contributed by atoms with Gasteiger partial charge in [-0.2, -0.15) is 0 Å². The molecule has 1 N–H and O–H groups in total. The first-order chi connectivity index (χ1) is 9.54. The number of hydrogen-bond donors (Lipinski definition) is 1. The van der Waals surface area contributed by atoms with Gasteiger partial charge >= 0.3 is 12.1 Å². The molecule has 0 heterocycles. The first-order valence-corrected chi connectivity index (χ1v) is 6.92. The van der Waals surface area contributed by atoms with Crippen LogP contribution in [0.1, 0.15) is 32.4 Å². The standard InChI is InChI=1S/C14H17Cl2NO4/c1-14(2,3)21-13(20)17(4)11(12(18)19)8-6-5-7-9(15)10(8)16/h5-7,11H,1-4H3,(H,18,19)/t11-/m1/s1. The number of likely N-dealkylation sites (N-methyl/N-ethyl adjacent to an activating group) is 1. The van der Waals surface area contributed by atoms with Crippen LogP contribution in [-0.4, -0.2) is 34.7 Å². The predicted molar refractivity (Wildman–Crippen MR) is 80.8 cm³/mol. The fraction of sp³-hybridized carbons (Fsp3) is 0.429. The molecule has 0 aliphatic heterocycles. The van der Waals surface area contributed by atoms with E-state index in [1.807, 2.05) is 0 Å². The fourth-order valence-electron chi connectivity index (χ4n) is 1.68. The minimum absolute atomic E-state index is 0.0991. The molecule has 0 spiro atoms. The van der Waals surface area contributed by atoms with Crippen molar-refractivity contribution < 1.29 is 19.4 Å². The van der Waals surface area contributed by atoms with E-state index in [2.05, 4.69) is 0 Å². The average Bonchev–Trinajstić information content (AvgIpc) is 2.32. The maximum atomic E-state index is 12.0. The topological polar surface area (TPSA) is 66.8 Å². The van der Waals surface area contributed by atoms with Crippen molar-refractivity contribution in [1.82, 2.24) is 4.90 Å². The molecule has 0 aliphatic carbocycles. The number of halogens is 2. The number of amides is 1. The number of carboxylic acids is 1. The lowest BCUT2D eigenvalue weighted by Crippen LogP contribution is -2.39. The first-order valence-electron chi connectivity index (χ1n) is 6.17. The van der Waals surface area contributed by atoms with Gasteiger partial charge in [-0.3, -0.25) is 4.90 Å². The fourth-order valence-corrected chi connectivity index (χ4v) is 2.09. The summed E-state index contributed by atoms with van der Waals surface area (Å²) in [5.41, 5.74) is -0.503. The highest BCUT2D eigenvalue weighted by Gasteiger charge is 2.33. The van der Waals surface area contributed by atoms with Gasteiger partial charge in [-0.05, 0) is 26.8 Å². The molecule has 1 amide bonds. The maximum Gasteiger partial charge on any atom is 0.411 e. The molecule has 0 saturated carbocycles. The molecule has 0 unspecified atom stereocenters. The van der Waals surface area contributed by atoms with Gasteiger partial charge in [0.15, 0.2) is 6.04 Å². The van der Waals surface area contributed by atoms with E-state index < -0.39 is 23.7 Å². The van der Waals surface area contributed by atoms with Crippen LogP contribution in [0.5, 0.6) is 0 Å². The van der Waals surface area contributed by atoms with Crippen LogP contribution in [0.2, 0.25) is 10.0 Å². The van der Waals surface area contributed by atoms with Crippen molar-refractivity contribution in [2.24, 2.45) is 0 Å². The molecule has 0 bridgehead atoms.